The van der Waals surface area contributed by atoms with E-state index in [0.717, 1.165) is 25.8 Å². The van der Waals surface area contributed by atoms with Gasteiger partial charge in [0.1, 0.15) is 0 Å². The average Bonchev–Trinajstić information content (AvgIpc) is 1.69. The topological polar surface area (TPSA) is 12.9 Å². The van der Waals surface area contributed by atoms with Crippen molar-refractivity contribution in [1.82, 2.24) is 4.98 Å². The fourth-order valence-corrected chi connectivity index (χ4v) is 1.14. The van der Waals surface area contributed by atoms with Crippen LogP contribution in [-0.2, 0) is 0 Å². The summed E-state index contributed by atoms with van der Waals surface area (Å²) in [7, 11) is 0. The van der Waals surface area contributed by atoms with E-state index in [4.69, 9.17) is 0 Å². The molecule has 0 atom stereocenters. The van der Waals surface area contributed by atoms with Gasteiger partial charge in [0.25, 0.3) is 0 Å². The van der Waals surface area contributed by atoms with Crippen LogP contribution in [0.5, 0.6) is 0 Å². The van der Waals surface area contributed by atoms with E-state index in [1.54, 1.807) is 6.20 Å². The number of aromatic nitrogens is 1. The molecule has 0 N–H and O–H groups in total. The quantitative estimate of drug-likeness (QED) is 0.605. The minimum absolute atomic E-state index is 0.929. The second-order valence-electron chi connectivity index (χ2n) is 1.29. The molecule has 0 amide bonds. The third kappa shape index (κ3) is 1.55. The fraction of sp³-hybridized carbons (Fsp3) is 0. The minimum atomic E-state index is 0.929. The first-order chi connectivity index (χ1) is 3.39. The second kappa shape index (κ2) is 2.40. The number of pyridine rings is 1. The first kappa shape index (κ1) is 5.21. The van der Waals surface area contributed by atoms with Gasteiger partial charge in [0.2, 0.25) is 0 Å². The maximum absolute atomic E-state index is 3.93. The summed E-state index contributed by atoms with van der Waals surface area (Å²) in [6.07, 6.45) is 3.70. The van der Waals surface area contributed by atoms with Crippen LogP contribution < -0.4 is 3.12 Å². The maximum atomic E-state index is 3.93. The Kier molecular flexibility index (Phi) is 1.79. The van der Waals surface area contributed by atoms with Gasteiger partial charge < -0.3 is 0 Å². The van der Waals surface area contributed by atoms with Crippen LogP contribution in [0.4, 0.5) is 0 Å². The standard InChI is InChI=1S/C5H4N.Tl/c1-2-4-6-5-3-1;/h1-2,4-5H;. The zero-order valence-electron chi connectivity index (χ0n) is 3.83. The first-order valence-corrected chi connectivity index (χ1v) is 4.29. The summed E-state index contributed by atoms with van der Waals surface area (Å²) in [5.41, 5.74) is 0. The molecule has 0 aliphatic rings. The van der Waals surface area contributed by atoms with Gasteiger partial charge in [-0.3, -0.25) is 0 Å². The molecule has 0 unspecified atom stereocenters. The van der Waals surface area contributed by atoms with Crippen LogP contribution in [0.15, 0.2) is 24.5 Å². The summed E-state index contributed by atoms with van der Waals surface area (Å²) < 4.78 is 1.38. The third-order valence-corrected chi connectivity index (χ3v) is 2.01. The van der Waals surface area contributed by atoms with Gasteiger partial charge >= 0.3 is 58.4 Å². The summed E-state index contributed by atoms with van der Waals surface area (Å²) in [4.78, 5) is 3.93. The van der Waals surface area contributed by atoms with Crippen molar-refractivity contribution in [1.29, 1.82) is 0 Å². The molecule has 0 fully saturated rings. The van der Waals surface area contributed by atoms with E-state index >= 15 is 0 Å². The molecule has 0 aromatic carbocycles. The molecular formula is C5H4NTl. The van der Waals surface area contributed by atoms with Gasteiger partial charge in [0, 0.05) is 0 Å². The van der Waals surface area contributed by atoms with E-state index in [2.05, 4.69) is 11.1 Å². The van der Waals surface area contributed by atoms with Crippen LogP contribution in [0, 0.1) is 0 Å². The molecule has 1 rings (SSSR count). The molecule has 1 aromatic heterocycles. The van der Waals surface area contributed by atoms with Crippen LogP contribution in [0.25, 0.3) is 0 Å². The van der Waals surface area contributed by atoms with Crippen LogP contribution >= 0.6 is 0 Å². The molecule has 0 saturated carbocycles. The van der Waals surface area contributed by atoms with Crippen molar-refractivity contribution in [2.45, 2.75) is 0 Å². The Morgan fingerprint density at radius 1 is 1.57 bits per heavy atom. The molecule has 1 heterocycles. The summed E-state index contributed by atoms with van der Waals surface area (Å²) >= 11 is 0.929. The van der Waals surface area contributed by atoms with E-state index in [1.165, 1.54) is 3.12 Å². The summed E-state index contributed by atoms with van der Waals surface area (Å²) in [6, 6.07) is 4.06. The van der Waals surface area contributed by atoms with E-state index in [0.29, 0.717) is 0 Å². The summed E-state index contributed by atoms with van der Waals surface area (Å²) in [5, 5.41) is 0. The number of nitrogens with zero attached hydrogens (tertiary/aromatic N) is 1. The van der Waals surface area contributed by atoms with E-state index in [-0.39, 0.29) is 0 Å². The van der Waals surface area contributed by atoms with Crippen molar-refractivity contribution < 1.29 is 0 Å². The molecule has 0 spiro atoms. The van der Waals surface area contributed by atoms with Crippen molar-refractivity contribution >= 4 is 28.9 Å². The van der Waals surface area contributed by atoms with Crippen LogP contribution in [-0.4, -0.2) is 30.8 Å². The first-order valence-electron chi connectivity index (χ1n) is 2.05. The molecular weight excluding hydrogens is 278 g/mol. The molecule has 7 heavy (non-hydrogen) atoms. The molecule has 32 valence electrons. The number of hydrogen-bond donors (Lipinski definition) is 0. The van der Waals surface area contributed by atoms with Crippen LogP contribution in [0.3, 0.4) is 0 Å². The Labute approximate surface area is 58.5 Å². The van der Waals surface area contributed by atoms with Gasteiger partial charge in [0.15, 0.2) is 0 Å². The van der Waals surface area contributed by atoms with Gasteiger partial charge in [0.05, 0.1) is 0 Å². The molecule has 2 heteroatoms. The Morgan fingerprint density at radius 2 is 2.43 bits per heavy atom. The normalized spacial score (nSPS) is 8.43. The molecule has 0 saturated heterocycles. The zero-order chi connectivity index (χ0) is 5.11. The predicted octanol–water partition coefficient (Wildman–Crippen LogP) is -0.125. The third-order valence-electron chi connectivity index (χ3n) is 0.684. The van der Waals surface area contributed by atoms with Crippen LogP contribution in [0.1, 0.15) is 0 Å². The van der Waals surface area contributed by atoms with Gasteiger partial charge in [-0.05, 0) is 0 Å². The van der Waals surface area contributed by atoms with Gasteiger partial charge in [-0.15, -0.1) is 0 Å². The summed E-state index contributed by atoms with van der Waals surface area (Å²) in [6.45, 7) is 0. The second-order valence-corrected chi connectivity index (χ2v) is 3.88. The molecule has 1 nitrogen and oxygen atoms in total. The Hall–Kier alpha value is 0.0721. The fourth-order valence-electron chi connectivity index (χ4n) is 0.376. The van der Waals surface area contributed by atoms with E-state index in [9.17, 15) is 0 Å². The Bertz CT molecular complexity index is 138. The van der Waals surface area contributed by atoms with Crippen molar-refractivity contribution in [2.24, 2.45) is 0 Å². The summed E-state index contributed by atoms with van der Waals surface area (Å²) in [5.74, 6) is 0. The van der Waals surface area contributed by atoms with Crippen molar-refractivity contribution in [3.8, 4) is 0 Å². The van der Waals surface area contributed by atoms with Crippen LogP contribution in [0.2, 0.25) is 0 Å². The molecule has 1 aromatic rings. The van der Waals surface area contributed by atoms with Gasteiger partial charge in [-0.2, -0.15) is 0 Å². The molecule has 0 aliphatic heterocycles. The molecule has 0 bridgehead atoms. The predicted molar refractivity (Wildman–Crippen MR) is 29.6 cm³/mol. The van der Waals surface area contributed by atoms with Gasteiger partial charge in [-0.1, -0.05) is 0 Å². The zero-order valence-corrected chi connectivity index (χ0v) is 8.32. The average molecular weight is 282 g/mol. The van der Waals surface area contributed by atoms with Crippen molar-refractivity contribution in [2.75, 3.05) is 0 Å². The SMILES string of the molecule is [Tl][c]1cccnc1. The van der Waals surface area contributed by atoms with E-state index in [1.807, 2.05) is 12.3 Å². The number of hydrogen-bond acceptors (Lipinski definition) is 1. The van der Waals surface area contributed by atoms with E-state index < -0.39 is 0 Å². The van der Waals surface area contributed by atoms with Crippen molar-refractivity contribution in [3.63, 3.8) is 0 Å². The van der Waals surface area contributed by atoms with Crippen molar-refractivity contribution in [3.05, 3.63) is 24.5 Å². The molecule has 0 radical (unpaired) electrons. The Balaban J connectivity index is 3.02. The number of rotatable bonds is 0. The molecule has 0 aliphatic carbocycles. The van der Waals surface area contributed by atoms with Gasteiger partial charge in [-0.25, -0.2) is 0 Å². The Morgan fingerprint density at radius 3 is 2.71 bits per heavy atom. The monoisotopic (exact) mass is 283 g/mol.